The zero-order valence-corrected chi connectivity index (χ0v) is 20.4. The molecule has 0 unspecified atom stereocenters. The van der Waals surface area contributed by atoms with E-state index in [1.807, 2.05) is 44.2 Å². The van der Waals surface area contributed by atoms with Crippen molar-refractivity contribution in [3.8, 4) is 11.3 Å². The van der Waals surface area contributed by atoms with Crippen LogP contribution in [0.25, 0.3) is 16.9 Å². The highest BCUT2D eigenvalue weighted by Gasteiger charge is 2.13. The van der Waals surface area contributed by atoms with Crippen LogP contribution < -0.4 is 21.4 Å². The van der Waals surface area contributed by atoms with Crippen LogP contribution in [0.4, 0.5) is 30.8 Å². The van der Waals surface area contributed by atoms with Crippen LogP contribution in [0.1, 0.15) is 5.56 Å². The van der Waals surface area contributed by atoms with Gasteiger partial charge in [0.15, 0.2) is 17.3 Å². The lowest BCUT2D eigenvalue weighted by atomic mass is 10.0. The number of benzene rings is 3. The van der Waals surface area contributed by atoms with Crippen molar-refractivity contribution in [3.63, 3.8) is 0 Å². The van der Waals surface area contributed by atoms with Crippen LogP contribution in [0.5, 0.6) is 0 Å². The Morgan fingerprint density at radius 3 is 2.51 bits per heavy atom. The summed E-state index contributed by atoms with van der Waals surface area (Å²) in [7, 11) is 1.94. The zero-order valence-electron chi connectivity index (χ0n) is 19.6. The third kappa shape index (κ3) is 5.39. The third-order valence-corrected chi connectivity index (χ3v) is 5.96. The van der Waals surface area contributed by atoms with Gasteiger partial charge in [-0.25, -0.2) is 18.6 Å². The number of carbonyl (C=O) groups is 1. The van der Waals surface area contributed by atoms with Crippen LogP contribution in [-0.4, -0.2) is 28.5 Å². The van der Waals surface area contributed by atoms with Crippen LogP contribution in [-0.2, 0) is 6.54 Å². The van der Waals surface area contributed by atoms with Gasteiger partial charge in [-0.05, 0) is 41.4 Å². The molecule has 0 bridgehead atoms. The summed E-state index contributed by atoms with van der Waals surface area (Å²) in [5, 5.41) is 13.6. The normalized spacial score (nSPS) is 10.9. The average Bonchev–Trinajstić information content (AvgIpc) is 3.26. The van der Waals surface area contributed by atoms with Crippen LogP contribution in [0, 0.1) is 11.6 Å². The molecule has 2 aromatic heterocycles. The quantitative estimate of drug-likeness (QED) is 0.282. The van der Waals surface area contributed by atoms with E-state index in [1.54, 1.807) is 28.9 Å². The number of anilines is 3. The van der Waals surface area contributed by atoms with Crippen LogP contribution in [0.2, 0.25) is 5.02 Å². The largest absolute Gasteiger partial charge is 0.366 e. The number of carbonyl (C=O) groups excluding carboxylic acids is 1. The molecule has 0 atom stereocenters. The lowest BCUT2D eigenvalue weighted by molar-refractivity contribution is 0.262. The molecule has 3 N–H and O–H groups in total. The molecule has 0 saturated carbocycles. The van der Waals surface area contributed by atoms with E-state index in [0.717, 1.165) is 34.5 Å². The van der Waals surface area contributed by atoms with Gasteiger partial charge in [-0.15, -0.1) is 0 Å². The second-order valence-electron chi connectivity index (χ2n) is 8.33. The van der Waals surface area contributed by atoms with E-state index in [2.05, 4.69) is 21.0 Å². The summed E-state index contributed by atoms with van der Waals surface area (Å²) in [5.41, 5.74) is 4.73. The molecule has 0 radical (unpaired) electrons. The fraction of sp³-hybridized carbons (Fsp3) is 0.0385. The molecule has 184 valence electrons. The van der Waals surface area contributed by atoms with Gasteiger partial charge >= 0.3 is 6.03 Å². The summed E-state index contributed by atoms with van der Waals surface area (Å²) in [5.74, 6) is -1.30. The summed E-state index contributed by atoms with van der Waals surface area (Å²) in [4.78, 5) is 17.1. The Bertz CT molecular complexity index is 1630. The number of rotatable bonds is 6. The molecular formula is C26H20BClF2N6O. The molecule has 2 amide bonds. The maximum absolute atomic E-state index is 13.4. The van der Waals surface area contributed by atoms with E-state index < -0.39 is 17.7 Å². The first-order chi connectivity index (χ1) is 17.9. The Morgan fingerprint density at radius 1 is 0.946 bits per heavy atom. The van der Waals surface area contributed by atoms with Gasteiger partial charge in [0.25, 0.3) is 0 Å². The van der Waals surface area contributed by atoms with E-state index >= 15 is 0 Å². The van der Waals surface area contributed by atoms with Crippen molar-refractivity contribution in [1.82, 2.24) is 14.6 Å². The van der Waals surface area contributed by atoms with E-state index in [4.69, 9.17) is 16.6 Å². The van der Waals surface area contributed by atoms with Crippen molar-refractivity contribution in [2.24, 2.45) is 0 Å². The van der Waals surface area contributed by atoms with Crippen molar-refractivity contribution in [2.45, 2.75) is 6.54 Å². The van der Waals surface area contributed by atoms with Crippen LogP contribution in [0.15, 0.2) is 79.0 Å². The van der Waals surface area contributed by atoms with Gasteiger partial charge in [-0.2, -0.15) is 9.61 Å². The number of nitrogens with one attached hydrogen (secondary N) is 3. The molecule has 5 rings (SSSR count). The van der Waals surface area contributed by atoms with Gasteiger partial charge in [0.05, 0.1) is 5.69 Å². The molecule has 5 aromatic rings. The first-order valence-corrected chi connectivity index (χ1v) is 11.7. The van der Waals surface area contributed by atoms with Gasteiger partial charge in [0.1, 0.15) is 13.7 Å². The summed E-state index contributed by atoms with van der Waals surface area (Å²) < 4.78 is 28.2. The predicted molar refractivity (Wildman–Crippen MR) is 144 cm³/mol. The highest BCUT2D eigenvalue weighted by molar-refractivity contribution is 6.36. The molecule has 0 fully saturated rings. The molecule has 11 heteroatoms. The van der Waals surface area contributed by atoms with Gasteiger partial charge in [-0.3, -0.25) is 0 Å². The molecule has 3 aromatic carbocycles. The molecule has 2 heterocycles. The Hall–Kier alpha value is -4.44. The molecule has 0 spiro atoms. The highest BCUT2D eigenvalue weighted by atomic mass is 35.5. The zero-order chi connectivity index (χ0) is 25.9. The summed E-state index contributed by atoms with van der Waals surface area (Å²) in [6.07, 6.45) is 1.75. The summed E-state index contributed by atoms with van der Waals surface area (Å²) in [6.45, 7) is 0.431. The fourth-order valence-electron chi connectivity index (χ4n) is 3.82. The van der Waals surface area contributed by atoms with Gasteiger partial charge in [0.2, 0.25) is 0 Å². The minimum Gasteiger partial charge on any atom is -0.366 e. The SMILES string of the molecule is Bc1cnn2c(NCc3cccc(NC(=O)Nc4ccc(F)c(F)c4)c3)cc(-c3ccccc3Cl)nc12. The van der Waals surface area contributed by atoms with Crippen LogP contribution >= 0.6 is 11.6 Å². The first-order valence-electron chi connectivity index (χ1n) is 11.3. The second kappa shape index (κ2) is 10.3. The molecule has 0 aliphatic heterocycles. The number of aromatic nitrogens is 3. The maximum atomic E-state index is 13.4. The number of nitrogens with zero attached hydrogens (tertiary/aromatic N) is 3. The maximum Gasteiger partial charge on any atom is 0.323 e. The van der Waals surface area contributed by atoms with Crippen molar-refractivity contribution in [2.75, 3.05) is 16.0 Å². The Balaban J connectivity index is 1.33. The number of urea groups is 1. The third-order valence-electron chi connectivity index (χ3n) is 5.63. The van der Waals surface area contributed by atoms with Crippen LogP contribution in [0.3, 0.4) is 0 Å². The van der Waals surface area contributed by atoms with Gasteiger partial charge < -0.3 is 16.0 Å². The van der Waals surface area contributed by atoms with E-state index in [0.29, 0.717) is 28.6 Å². The molecule has 0 aliphatic carbocycles. The van der Waals surface area contributed by atoms with Gasteiger partial charge in [0, 0.05) is 46.8 Å². The smallest absolute Gasteiger partial charge is 0.323 e. The van der Waals surface area contributed by atoms with Gasteiger partial charge in [-0.1, -0.05) is 41.9 Å². The first kappa shape index (κ1) is 24.3. The highest BCUT2D eigenvalue weighted by Crippen LogP contribution is 2.28. The lowest BCUT2D eigenvalue weighted by Crippen LogP contribution is -2.19. The van der Waals surface area contributed by atoms with Crippen molar-refractivity contribution in [1.29, 1.82) is 0 Å². The molecular weight excluding hydrogens is 497 g/mol. The van der Waals surface area contributed by atoms with E-state index in [-0.39, 0.29) is 5.69 Å². The topological polar surface area (TPSA) is 83.3 Å². The Kier molecular flexibility index (Phi) is 6.74. The van der Waals surface area contributed by atoms with Crippen molar-refractivity contribution < 1.29 is 13.6 Å². The van der Waals surface area contributed by atoms with Crippen molar-refractivity contribution >= 4 is 53.8 Å². The Labute approximate surface area is 216 Å². The average molecular weight is 517 g/mol. The molecule has 7 nitrogen and oxygen atoms in total. The summed E-state index contributed by atoms with van der Waals surface area (Å²) >= 11 is 6.42. The molecule has 0 saturated heterocycles. The molecule has 37 heavy (non-hydrogen) atoms. The minimum absolute atomic E-state index is 0.139. The van der Waals surface area contributed by atoms with E-state index in [1.165, 1.54) is 6.07 Å². The minimum atomic E-state index is -1.04. The number of hydrogen-bond acceptors (Lipinski definition) is 4. The van der Waals surface area contributed by atoms with E-state index in [9.17, 15) is 13.6 Å². The standard InChI is InChI=1S/C26H20BClF2N6O/c27-19-14-32-36-24(12-23(35-25(19)36)18-6-1-2-7-20(18)28)31-13-15-4-3-5-16(10-15)33-26(37)34-17-8-9-21(29)22(30)11-17/h1-12,14,31H,13,27H2,(H2,33,34,37). The number of fused-ring (bicyclic) bond motifs is 1. The number of amides is 2. The predicted octanol–water partition coefficient (Wildman–Crippen LogP) is 4.84. The number of hydrogen-bond donors (Lipinski definition) is 3. The number of halogens is 3. The van der Waals surface area contributed by atoms with Crippen molar-refractivity contribution in [3.05, 3.63) is 101 Å². The lowest BCUT2D eigenvalue weighted by Gasteiger charge is -2.13. The monoisotopic (exact) mass is 516 g/mol. The summed E-state index contributed by atoms with van der Waals surface area (Å²) in [6, 6.07) is 19.2. The molecule has 0 aliphatic rings. The Morgan fingerprint density at radius 2 is 1.73 bits per heavy atom. The fourth-order valence-corrected chi connectivity index (χ4v) is 4.06. The second-order valence-corrected chi connectivity index (χ2v) is 8.74.